The zero-order chi connectivity index (χ0) is 27.6. The van der Waals surface area contributed by atoms with Gasteiger partial charge in [0.25, 0.3) is 0 Å². The molecule has 0 aliphatic carbocycles. The van der Waals surface area contributed by atoms with E-state index in [-0.39, 0.29) is 0 Å². The molecule has 0 aliphatic rings. The Labute approximate surface area is 245 Å². The van der Waals surface area contributed by atoms with Crippen LogP contribution >= 0.6 is 11.3 Å². The molecule has 0 aliphatic heterocycles. The molecule has 0 atom stereocenters. The van der Waals surface area contributed by atoms with Gasteiger partial charge in [-0.3, -0.25) is 0 Å². The predicted molar refractivity (Wildman–Crippen MR) is 176 cm³/mol. The van der Waals surface area contributed by atoms with Crippen LogP contribution in [0.4, 0.5) is 0 Å². The summed E-state index contributed by atoms with van der Waals surface area (Å²) in [4.78, 5) is 9.73. The van der Waals surface area contributed by atoms with Crippen LogP contribution in [0.5, 0.6) is 0 Å². The van der Waals surface area contributed by atoms with Gasteiger partial charge in [0.15, 0.2) is 0 Å². The van der Waals surface area contributed by atoms with Crippen molar-refractivity contribution in [2.24, 2.45) is 0 Å². The molecule has 0 amide bonds. The van der Waals surface area contributed by atoms with Gasteiger partial charge in [-0.1, -0.05) is 109 Å². The van der Waals surface area contributed by atoms with Gasteiger partial charge in [-0.05, 0) is 51.2 Å². The highest BCUT2D eigenvalue weighted by molar-refractivity contribution is 7.26. The molecule has 9 aromatic rings. The maximum atomic E-state index is 6.17. The summed E-state index contributed by atoms with van der Waals surface area (Å²) in [5, 5.41) is 5.95. The van der Waals surface area contributed by atoms with Crippen LogP contribution in [-0.2, 0) is 0 Å². The standard InChI is InChI=1S/C38H22N2OS/c1-2-10-28-24(7-1)19-20-33-35(28)36-38(41-33)40-32(22-39-36)27-9-5-8-26(21-27)23-15-17-25(18-16-23)29-12-6-13-31-30-11-3-4-14-34(30)42-37(29)31/h1-22H. The molecule has 6 aromatic carbocycles. The molecule has 0 bridgehead atoms. The summed E-state index contributed by atoms with van der Waals surface area (Å²) < 4.78 is 8.83. The molecule has 42 heavy (non-hydrogen) atoms. The number of benzene rings is 6. The molecule has 0 saturated heterocycles. The highest BCUT2D eigenvalue weighted by Gasteiger charge is 2.15. The Hall–Kier alpha value is -5.32. The van der Waals surface area contributed by atoms with E-state index in [0.29, 0.717) is 5.71 Å². The Kier molecular flexibility index (Phi) is 5.07. The van der Waals surface area contributed by atoms with Gasteiger partial charge in [0.05, 0.1) is 17.3 Å². The number of hydrogen-bond donors (Lipinski definition) is 0. The molecule has 0 fully saturated rings. The quantitative estimate of drug-likeness (QED) is 0.218. The lowest BCUT2D eigenvalue weighted by molar-refractivity contribution is 0.654. The van der Waals surface area contributed by atoms with Gasteiger partial charge in [-0.15, -0.1) is 11.3 Å². The van der Waals surface area contributed by atoms with Crippen molar-refractivity contribution < 1.29 is 4.42 Å². The molecular formula is C38H22N2OS. The Balaban J connectivity index is 1.09. The second kappa shape index (κ2) is 9.10. The van der Waals surface area contributed by atoms with E-state index in [0.717, 1.165) is 49.6 Å². The van der Waals surface area contributed by atoms with Gasteiger partial charge in [0.2, 0.25) is 5.71 Å². The number of rotatable bonds is 3. The van der Waals surface area contributed by atoms with Crippen LogP contribution in [0.3, 0.4) is 0 Å². The zero-order valence-electron chi connectivity index (χ0n) is 22.4. The number of aromatic nitrogens is 2. The molecular weight excluding hydrogens is 532 g/mol. The molecule has 196 valence electrons. The molecule has 0 N–H and O–H groups in total. The summed E-state index contributed by atoms with van der Waals surface area (Å²) in [7, 11) is 0. The van der Waals surface area contributed by atoms with Crippen LogP contribution in [0, 0.1) is 0 Å². The summed E-state index contributed by atoms with van der Waals surface area (Å²) in [6, 6.07) is 45.0. The normalized spacial score (nSPS) is 11.8. The smallest absolute Gasteiger partial charge is 0.246 e. The summed E-state index contributed by atoms with van der Waals surface area (Å²) in [5.74, 6) is 0. The summed E-state index contributed by atoms with van der Waals surface area (Å²) in [6.45, 7) is 0. The fourth-order valence-corrected chi connectivity index (χ4v) is 7.35. The number of hydrogen-bond acceptors (Lipinski definition) is 4. The van der Waals surface area contributed by atoms with E-state index in [1.54, 1.807) is 0 Å². The SMILES string of the molecule is c1cc(-c2ccc(-c3cccc4c3sc3ccccc34)cc2)cc(-c2cnc3c(n2)oc2ccc4ccccc4c23)c1. The molecule has 3 nitrogen and oxygen atoms in total. The summed E-state index contributed by atoms with van der Waals surface area (Å²) in [5.41, 5.74) is 8.75. The first kappa shape index (κ1) is 23.4. The van der Waals surface area contributed by atoms with Gasteiger partial charge in [0.1, 0.15) is 11.1 Å². The van der Waals surface area contributed by atoms with Gasteiger partial charge < -0.3 is 4.42 Å². The van der Waals surface area contributed by atoms with E-state index in [2.05, 4.69) is 109 Å². The lowest BCUT2D eigenvalue weighted by atomic mass is 9.98. The lowest BCUT2D eigenvalue weighted by Gasteiger charge is -2.08. The van der Waals surface area contributed by atoms with E-state index in [1.807, 2.05) is 35.7 Å². The van der Waals surface area contributed by atoms with Crippen molar-refractivity contribution in [1.29, 1.82) is 0 Å². The van der Waals surface area contributed by atoms with Crippen molar-refractivity contribution in [2.75, 3.05) is 0 Å². The predicted octanol–water partition coefficient (Wildman–Crippen LogP) is 10.9. The third kappa shape index (κ3) is 3.59. The lowest BCUT2D eigenvalue weighted by Crippen LogP contribution is -1.88. The van der Waals surface area contributed by atoms with Gasteiger partial charge in [-0.25, -0.2) is 9.97 Å². The van der Waals surface area contributed by atoms with Crippen LogP contribution in [0.25, 0.3) is 86.7 Å². The summed E-state index contributed by atoms with van der Waals surface area (Å²) >= 11 is 1.87. The minimum atomic E-state index is 0.559. The topological polar surface area (TPSA) is 38.9 Å². The van der Waals surface area contributed by atoms with Gasteiger partial charge in [0, 0.05) is 25.7 Å². The van der Waals surface area contributed by atoms with Crippen LogP contribution in [0.1, 0.15) is 0 Å². The first-order valence-corrected chi connectivity index (χ1v) is 14.8. The van der Waals surface area contributed by atoms with E-state index in [4.69, 9.17) is 14.4 Å². The van der Waals surface area contributed by atoms with Crippen molar-refractivity contribution >= 4 is 64.5 Å². The highest BCUT2D eigenvalue weighted by Crippen LogP contribution is 2.40. The molecule has 4 heteroatoms. The van der Waals surface area contributed by atoms with E-state index >= 15 is 0 Å². The molecule has 0 saturated carbocycles. The molecule has 0 unspecified atom stereocenters. The first-order chi connectivity index (χ1) is 20.8. The molecule has 3 heterocycles. The van der Waals surface area contributed by atoms with Crippen molar-refractivity contribution in [2.45, 2.75) is 0 Å². The van der Waals surface area contributed by atoms with Crippen molar-refractivity contribution in [3.63, 3.8) is 0 Å². The van der Waals surface area contributed by atoms with Crippen LogP contribution < -0.4 is 0 Å². The number of nitrogens with zero attached hydrogens (tertiary/aromatic N) is 2. The van der Waals surface area contributed by atoms with Crippen molar-refractivity contribution in [3.8, 4) is 33.5 Å². The second-order valence-electron chi connectivity index (χ2n) is 10.6. The third-order valence-corrected chi connectivity index (χ3v) is 9.39. The van der Waals surface area contributed by atoms with Crippen LogP contribution in [0.15, 0.2) is 138 Å². The van der Waals surface area contributed by atoms with E-state index in [9.17, 15) is 0 Å². The van der Waals surface area contributed by atoms with Gasteiger partial charge >= 0.3 is 0 Å². The first-order valence-electron chi connectivity index (χ1n) is 14.0. The second-order valence-corrected chi connectivity index (χ2v) is 11.7. The Morgan fingerprint density at radius 2 is 1.33 bits per heavy atom. The average Bonchev–Trinajstić information content (AvgIpc) is 3.63. The highest BCUT2D eigenvalue weighted by atomic mass is 32.1. The Morgan fingerprint density at radius 3 is 2.26 bits per heavy atom. The maximum absolute atomic E-state index is 6.17. The maximum Gasteiger partial charge on any atom is 0.246 e. The number of thiophene rings is 1. The number of fused-ring (bicyclic) bond motifs is 8. The fraction of sp³-hybridized carbons (Fsp3) is 0. The average molecular weight is 555 g/mol. The molecule has 0 radical (unpaired) electrons. The molecule has 3 aromatic heterocycles. The zero-order valence-corrected chi connectivity index (χ0v) is 23.2. The van der Waals surface area contributed by atoms with E-state index < -0.39 is 0 Å². The Bertz CT molecular complexity index is 2470. The van der Waals surface area contributed by atoms with Crippen LogP contribution in [0.2, 0.25) is 0 Å². The third-order valence-electron chi connectivity index (χ3n) is 8.17. The minimum absolute atomic E-state index is 0.559. The van der Waals surface area contributed by atoms with E-state index in [1.165, 1.54) is 31.3 Å². The van der Waals surface area contributed by atoms with Crippen LogP contribution in [-0.4, -0.2) is 9.97 Å². The molecule has 0 spiro atoms. The largest absolute Gasteiger partial charge is 0.436 e. The van der Waals surface area contributed by atoms with Gasteiger partial charge in [-0.2, -0.15) is 0 Å². The number of furan rings is 1. The minimum Gasteiger partial charge on any atom is -0.436 e. The van der Waals surface area contributed by atoms with Crippen molar-refractivity contribution in [3.05, 3.63) is 134 Å². The molecule has 9 rings (SSSR count). The van der Waals surface area contributed by atoms with Crippen molar-refractivity contribution in [1.82, 2.24) is 9.97 Å². The monoisotopic (exact) mass is 554 g/mol. The fourth-order valence-electron chi connectivity index (χ4n) is 6.11. The Morgan fingerprint density at radius 1 is 0.571 bits per heavy atom. The summed E-state index contributed by atoms with van der Waals surface area (Å²) in [6.07, 6.45) is 1.85.